The van der Waals surface area contributed by atoms with E-state index in [0.29, 0.717) is 12.4 Å². The second-order valence-electron chi connectivity index (χ2n) is 6.45. The first kappa shape index (κ1) is 16.6. The number of nitrogens with two attached hydrogens (primary N) is 1. The minimum atomic E-state index is 0.208. The molecule has 24 heavy (non-hydrogen) atoms. The van der Waals surface area contributed by atoms with Crippen LogP contribution < -0.4 is 10.6 Å². The fraction of sp³-hybridized carbons (Fsp3) is 0.500. The van der Waals surface area contributed by atoms with Gasteiger partial charge in [-0.1, -0.05) is 12.1 Å². The summed E-state index contributed by atoms with van der Waals surface area (Å²) in [6, 6.07) is 8.01. The van der Waals surface area contributed by atoms with E-state index in [4.69, 9.17) is 0 Å². The average Bonchev–Trinajstić information content (AvgIpc) is 3.43. The normalized spacial score (nSPS) is 13.9. The Balaban J connectivity index is 1.78. The molecule has 0 bridgehead atoms. The standard InChI is InChI=1S/C18H25N5O/c1-19-10-5-11-20-17-14-6-3-4-7-15(14)21-16(22-17)12-23(2)18(24)13-8-9-13/h3-4,6-7,13,19H,5,8-12H2,1-2H3,(H,20,21,22)/p+1. The van der Waals surface area contributed by atoms with Crippen molar-refractivity contribution in [1.29, 1.82) is 0 Å². The Morgan fingerprint density at radius 2 is 2.12 bits per heavy atom. The number of quaternary nitrogens is 1. The molecular formula is C18H26N5O+. The van der Waals surface area contributed by atoms with Gasteiger partial charge in [-0.25, -0.2) is 9.97 Å². The van der Waals surface area contributed by atoms with Crippen LogP contribution in [0, 0.1) is 5.92 Å². The van der Waals surface area contributed by atoms with Crippen molar-refractivity contribution in [3.63, 3.8) is 0 Å². The average molecular weight is 328 g/mol. The first-order chi connectivity index (χ1) is 11.7. The minimum absolute atomic E-state index is 0.208. The monoisotopic (exact) mass is 328 g/mol. The number of nitrogens with zero attached hydrogens (tertiary/aromatic N) is 3. The molecule has 1 heterocycles. The van der Waals surface area contributed by atoms with E-state index in [1.54, 1.807) is 4.90 Å². The zero-order valence-corrected chi connectivity index (χ0v) is 14.5. The van der Waals surface area contributed by atoms with E-state index in [0.717, 1.165) is 49.1 Å². The molecule has 1 aromatic heterocycles. The van der Waals surface area contributed by atoms with Crippen LogP contribution >= 0.6 is 0 Å². The summed E-state index contributed by atoms with van der Waals surface area (Å²) in [7, 11) is 3.91. The molecule has 3 N–H and O–H groups in total. The van der Waals surface area contributed by atoms with Gasteiger partial charge in [-0.15, -0.1) is 0 Å². The number of para-hydroxylation sites is 1. The lowest BCUT2D eigenvalue weighted by atomic mass is 10.2. The van der Waals surface area contributed by atoms with Crippen LogP contribution in [-0.4, -0.2) is 48.0 Å². The van der Waals surface area contributed by atoms with Gasteiger partial charge < -0.3 is 15.5 Å². The summed E-state index contributed by atoms with van der Waals surface area (Å²) in [6.07, 6.45) is 3.11. The Morgan fingerprint density at radius 1 is 1.33 bits per heavy atom. The molecule has 0 aliphatic heterocycles. The van der Waals surface area contributed by atoms with Crippen molar-refractivity contribution >= 4 is 22.6 Å². The number of hydrogen-bond acceptors (Lipinski definition) is 4. The van der Waals surface area contributed by atoms with E-state index in [2.05, 4.69) is 27.6 Å². The van der Waals surface area contributed by atoms with Crippen molar-refractivity contribution in [2.75, 3.05) is 32.5 Å². The van der Waals surface area contributed by atoms with E-state index < -0.39 is 0 Å². The molecule has 6 heteroatoms. The van der Waals surface area contributed by atoms with Crippen molar-refractivity contribution in [3.8, 4) is 0 Å². The summed E-state index contributed by atoms with van der Waals surface area (Å²) in [4.78, 5) is 23.2. The molecule has 1 aliphatic rings. The predicted molar refractivity (Wildman–Crippen MR) is 94.6 cm³/mol. The molecule has 0 atom stereocenters. The van der Waals surface area contributed by atoms with Crippen LogP contribution in [-0.2, 0) is 11.3 Å². The third-order valence-corrected chi connectivity index (χ3v) is 4.29. The first-order valence-electron chi connectivity index (χ1n) is 8.71. The molecule has 1 amide bonds. The van der Waals surface area contributed by atoms with Crippen molar-refractivity contribution < 1.29 is 10.1 Å². The smallest absolute Gasteiger partial charge is 0.225 e. The second-order valence-corrected chi connectivity index (χ2v) is 6.45. The fourth-order valence-corrected chi connectivity index (χ4v) is 2.78. The van der Waals surface area contributed by atoms with Gasteiger partial charge in [0.05, 0.1) is 25.7 Å². The van der Waals surface area contributed by atoms with Gasteiger partial charge in [0, 0.05) is 31.3 Å². The number of rotatable bonds is 8. The Labute approximate surface area is 142 Å². The SMILES string of the molecule is C[NH2+]CCCNc1nc(CN(C)C(=O)C2CC2)nc2ccccc12. The fourth-order valence-electron chi connectivity index (χ4n) is 2.78. The summed E-state index contributed by atoms with van der Waals surface area (Å²) >= 11 is 0. The van der Waals surface area contributed by atoms with Gasteiger partial charge in [-0.05, 0) is 25.0 Å². The highest BCUT2D eigenvalue weighted by atomic mass is 16.2. The second kappa shape index (κ2) is 7.57. The molecule has 1 saturated carbocycles. The highest BCUT2D eigenvalue weighted by molar-refractivity contribution is 5.89. The Bertz CT molecular complexity index is 714. The highest BCUT2D eigenvalue weighted by Crippen LogP contribution is 2.31. The molecule has 0 radical (unpaired) electrons. The van der Waals surface area contributed by atoms with Crippen LogP contribution in [0.25, 0.3) is 10.9 Å². The van der Waals surface area contributed by atoms with E-state index in [9.17, 15) is 4.79 Å². The summed E-state index contributed by atoms with van der Waals surface area (Å²) in [5, 5.41) is 6.62. The van der Waals surface area contributed by atoms with Gasteiger partial charge in [0.1, 0.15) is 5.82 Å². The number of amides is 1. The Hall–Kier alpha value is -2.21. The highest BCUT2D eigenvalue weighted by Gasteiger charge is 2.32. The lowest BCUT2D eigenvalue weighted by Gasteiger charge is -2.17. The number of carbonyl (C=O) groups excluding carboxylic acids is 1. The molecule has 0 spiro atoms. The number of anilines is 1. The molecule has 2 aromatic rings. The molecule has 0 unspecified atom stereocenters. The molecule has 1 aromatic carbocycles. The van der Waals surface area contributed by atoms with E-state index >= 15 is 0 Å². The van der Waals surface area contributed by atoms with Gasteiger partial charge in [0.25, 0.3) is 0 Å². The maximum atomic E-state index is 12.2. The zero-order chi connectivity index (χ0) is 16.9. The first-order valence-corrected chi connectivity index (χ1v) is 8.71. The van der Waals surface area contributed by atoms with Crippen LogP contribution in [0.2, 0.25) is 0 Å². The quantitative estimate of drug-likeness (QED) is 0.709. The van der Waals surface area contributed by atoms with Crippen LogP contribution in [0.1, 0.15) is 25.1 Å². The third-order valence-electron chi connectivity index (χ3n) is 4.29. The number of aromatic nitrogens is 2. The summed E-state index contributed by atoms with van der Waals surface area (Å²) in [6.45, 7) is 2.42. The van der Waals surface area contributed by atoms with Gasteiger partial charge in [-0.2, -0.15) is 0 Å². The van der Waals surface area contributed by atoms with E-state index in [-0.39, 0.29) is 11.8 Å². The van der Waals surface area contributed by atoms with Gasteiger partial charge in [-0.3, -0.25) is 4.79 Å². The van der Waals surface area contributed by atoms with Crippen molar-refractivity contribution in [1.82, 2.24) is 14.9 Å². The van der Waals surface area contributed by atoms with Gasteiger partial charge >= 0.3 is 0 Å². The minimum Gasteiger partial charge on any atom is -0.369 e. The van der Waals surface area contributed by atoms with Crippen LogP contribution in [0.5, 0.6) is 0 Å². The topological polar surface area (TPSA) is 74.7 Å². The largest absolute Gasteiger partial charge is 0.369 e. The van der Waals surface area contributed by atoms with E-state index in [1.165, 1.54) is 0 Å². The van der Waals surface area contributed by atoms with Crippen molar-refractivity contribution in [2.45, 2.75) is 25.8 Å². The number of nitrogens with one attached hydrogen (secondary N) is 1. The number of benzene rings is 1. The number of fused-ring (bicyclic) bond motifs is 1. The molecule has 1 aliphatic carbocycles. The lowest BCUT2D eigenvalue weighted by Crippen LogP contribution is -2.79. The summed E-state index contributed by atoms with van der Waals surface area (Å²) in [5.41, 5.74) is 0.916. The summed E-state index contributed by atoms with van der Waals surface area (Å²) < 4.78 is 0. The summed E-state index contributed by atoms with van der Waals surface area (Å²) in [5.74, 6) is 1.98. The van der Waals surface area contributed by atoms with Crippen molar-refractivity contribution in [3.05, 3.63) is 30.1 Å². The molecule has 1 fully saturated rings. The zero-order valence-electron chi connectivity index (χ0n) is 14.5. The molecule has 6 nitrogen and oxygen atoms in total. The van der Waals surface area contributed by atoms with Crippen LogP contribution in [0.15, 0.2) is 24.3 Å². The van der Waals surface area contributed by atoms with Crippen molar-refractivity contribution in [2.24, 2.45) is 5.92 Å². The van der Waals surface area contributed by atoms with Gasteiger partial charge in [0.15, 0.2) is 5.82 Å². The van der Waals surface area contributed by atoms with Gasteiger partial charge in [0.2, 0.25) is 5.91 Å². The molecule has 128 valence electrons. The molecule has 3 rings (SSSR count). The maximum absolute atomic E-state index is 12.2. The van der Waals surface area contributed by atoms with Crippen LogP contribution in [0.3, 0.4) is 0 Å². The predicted octanol–water partition coefficient (Wildman–Crippen LogP) is 0.993. The van der Waals surface area contributed by atoms with Crippen LogP contribution in [0.4, 0.5) is 5.82 Å². The Morgan fingerprint density at radius 3 is 2.88 bits per heavy atom. The third kappa shape index (κ3) is 4.00. The number of hydrogen-bond donors (Lipinski definition) is 2. The molecular weight excluding hydrogens is 302 g/mol. The van der Waals surface area contributed by atoms with E-state index in [1.807, 2.05) is 31.3 Å². The number of carbonyl (C=O) groups is 1. The maximum Gasteiger partial charge on any atom is 0.225 e. The Kier molecular flexibility index (Phi) is 5.25. The lowest BCUT2D eigenvalue weighted by molar-refractivity contribution is -0.626. The molecule has 0 saturated heterocycles.